The number of carbonyl (C=O) groups excluding carboxylic acids is 2. The lowest BCUT2D eigenvalue weighted by atomic mass is 10.1. The molecule has 0 fully saturated rings. The quantitative estimate of drug-likeness (QED) is 0.484. The molecule has 0 spiro atoms. The molecule has 0 N–H and O–H groups in total. The van der Waals surface area contributed by atoms with Crippen molar-refractivity contribution in [3.63, 3.8) is 0 Å². The van der Waals surface area contributed by atoms with E-state index in [1.54, 1.807) is 32.9 Å². The first kappa shape index (κ1) is 15.7. The molecule has 19 heavy (non-hydrogen) atoms. The fourth-order valence-corrected chi connectivity index (χ4v) is 1.84. The highest BCUT2D eigenvalue weighted by atomic mass is 79.9. The van der Waals surface area contributed by atoms with Crippen LogP contribution in [0.4, 0.5) is 0 Å². The van der Waals surface area contributed by atoms with Crippen molar-refractivity contribution in [1.29, 1.82) is 0 Å². The third kappa shape index (κ3) is 5.03. The Bertz CT molecular complexity index is 489. The predicted octanol–water partition coefficient (Wildman–Crippen LogP) is 3.46. The van der Waals surface area contributed by atoms with Crippen molar-refractivity contribution >= 4 is 27.9 Å². The minimum atomic E-state index is -0.563. The van der Waals surface area contributed by atoms with Gasteiger partial charge in [0.05, 0.1) is 5.56 Å². The molecular formula is C14H17BrO4. The van der Waals surface area contributed by atoms with Gasteiger partial charge in [0, 0.05) is 17.8 Å². The van der Waals surface area contributed by atoms with Gasteiger partial charge in [-0.2, -0.15) is 0 Å². The molecule has 0 aliphatic heterocycles. The van der Waals surface area contributed by atoms with Gasteiger partial charge in [-0.25, -0.2) is 4.79 Å². The number of halogens is 1. The van der Waals surface area contributed by atoms with Crippen molar-refractivity contribution in [1.82, 2.24) is 0 Å². The second-order valence-corrected chi connectivity index (χ2v) is 5.61. The van der Waals surface area contributed by atoms with Crippen LogP contribution in [0.25, 0.3) is 0 Å². The van der Waals surface area contributed by atoms with Crippen LogP contribution in [-0.2, 0) is 14.9 Å². The zero-order valence-corrected chi connectivity index (χ0v) is 13.0. The molecule has 0 aliphatic rings. The summed E-state index contributed by atoms with van der Waals surface area (Å²) in [6.45, 7) is 6.71. The summed E-state index contributed by atoms with van der Waals surface area (Å²) >= 11 is 3.30. The number of alkyl halides is 1. The van der Waals surface area contributed by atoms with Crippen LogP contribution in [-0.4, -0.2) is 17.5 Å². The summed E-state index contributed by atoms with van der Waals surface area (Å²) in [4.78, 5) is 23.0. The smallest absolute Gasteiger partial charge is 0.338 e. The summed E-state index contributed by atoms with van der Waals surface area (Å²) in [7, 11) is 0. The van der Waals surface area contributed by atoms with Crippen LogP contribution in [0.3, 0.4) is 0 Å². The van der Waals surface area contributed by atoms with E-state index in [1.165, 1.54) is 13.0 Å². The van der Waals surface area contributed by atoms with E-state index >= 15 is 0 Å². The molecule has 0 aliphatic carbocycles. The maximum Gasteiger partial charge on any atom is 0.338 e. The second kappa shape index (κ2) is 6.19. The standard InChI is InChI=1S/C14H17BrO4/c1-9(16)18-12-7-10(5-6-11(12)8-15)13(17)19-14(2,3)4/h5-7H,8H2,1-4H3. The Kier molecular flexibility index (Phi) is 5.11. The SMILES string of the molecule is CC(=O)Oc1cc(C(=O)OC(C)(C)C)ccc1CBr. The highest BCUT2D eigenvalue weighted by molar-refractivity contribution is 9.08. The molecule has 104 valence electrons. The van der Waals surface area contributed by atoms with Gasteiger partial charge < -0.3 is 9.47 Å². The van der Waals surface area contributed by atoms with E-state index in [1.807, 2.05) is 0 Å². The Morgan fingerprint density at radius 2 is 1.89 bits per heavy atom. The maximum atomic E-state index is 11.9. The first-order valence-electron chi connectivity index (χ1n) is 5.83. The Hall–Kier alpha value is -1.36. The summed E-state index contributed by atoms with van der Waals surface area (Å²) < 4.78 is 10.3. The average Bonchev–Trinajstić information content (AvgIpc) is 2.25. The van der Waals surface area contributed by atoms with Crippen molar-refractivity contribution in [3.05, 3.63) is 29.3 Å². The monoisotopic (exact) mass is 328 g/mol. The average molecular weight is 329 g/mol. The number of rotatable bonds is 3. The number of hydrogen-bond donors (Lipinski definition) is 0. The van der Waals surface area contributed by atoms with Gasteiger partial charge in [0.25, 0.3) is 0 Å². The number of benzene rings is 1. The maximum absolute atomic E-state index is 11.9. The van der Waals surface area contributed by atoms with E-state index < -0.39 is 17.5 Å². The van der Waals surface area contributed by atoms with Crippen LogP contribution in [0.15, 0.2) is 18.2 Å². The van der Waals surface area contributed by atoms with E-state index in [9.17, 15) is 9.59 Å². The Morgan fingerprint density at radius 3 is 2.37 bits per heavy atom. The molecule has 0 amide bonds. The van der Waals surface area contributed by atoms with Crippen LogP contribution >= 0.6 is 15.9 Å². The van der Waals surface area contributed by atoms with E-state index in [2.05, 4.69) is 15.9 Å². The summed E-state index contributed by atoms with van der Waals surface area (Å²) in [5, 5.41) is 0.532. The summed E-state index contributed by atoms with van der Waals surface area (Å²) in [6.07, 6.45) is 0. The highest BCUT2D eigenvalue weighted by Crippen LogP contribution is 2.24. The van der Waals surface area contributed by atoms with Crippen molar-refractivity contribution in [2.24, 2.45) is 0 Å². The van der Waals surface area contributed by atoms with Gasteiger partial charge in [-0.1, -0.05) is 22.0 Å². The zero-order valence-electron chi connectivity index (χ0n) is 11.5. The molecule has 0 aromatic heterocycles. The lowest BCUT2D eigenvalue weighted by Gasteiger charge is -2.19. The number of carbonyl (C=O) groups is 2. The third-order valence-corrected chi connectivity index (χ3v) is 2.70. The topological polar surface area (TPSA) is 52.6 Å². The minimum absolute atomic E-state index is 0.357. The fourth-order valence-electron chi connectivity index (χ4n) is 1.38. The summed E-state index contributed by atoms with van der Waals surface area (Å²) in [5.74, 6) is -0.502. The lowest BCUT2D eigenvalue weighted by molar-refractivity contribution is -0.131. The van der Waals surface area contributed by atoms with Crippen LogP contribution in [0.5, 0.6) is 5.75 Å². The van der Waals surface area contributed by atoms with Crippen molar-refractivity contribution < 1.29 is 19.1 Å². The molecule has 0 heterocycles. The van der Waals surface area contributed by atoms with Gasteiger partial charge in [-0.05, 0) is 32.9 Å². The summed E-state index contributed by atoms with van der Waals surface area (Å²) in [5.41, 5.74) is 0.589. The normalized spacial score (nSPS) is 11.0. The molecule has 0 atom stereocenters. The molecule has 0 saturated heterocycles. The molecule has 5 heteroatoms. The lowest BCUT2D eigenvalue weighted by Crippen LogP contribution is -2.24. The number of ether oxygens (including phenoxy) is 2. The van der Waals surface area contributed by atoms with Crippen LogP contribution in [0.2, 0.25) is 0 Å². The van der Waals surface area contributed by atoms with E-state index in [0.717, 1.165) is 5.56 Å². The Balaban J connectivity index is 3.04. The molecule has 0 radical (unpaired) electrons. The highest BCUT2D eigenvalue weighted by Gasteiger charge is 2.19. The zero-order chi connectivity index (χ0) is 14.6. The number of hydrogen-bond acceptors (Lipinski definition) is 4. The van der Waals surface area contributed by atoms with Crippen molar-refractivity contribution in [3.8, 4) is 5.75 Å². The largest absolute Gasteiger partial charge is 0.456 e. The molecular weight excluding hydrogens is 312 g/mol. The third-order valence-electron chi connectivity index (χ3n) is 2.10. The number of esters is 2. The van der Waals surface area contributed by atoms with Gasteiger partial charge in [0.15, 0.2) is 0 Å². The Labute approximate surface area is 121 Å². The van der Waals surface area contributed by atoms with Crippen LogP contribution in [0.1, 0.15) is 43.6 Å². The predicted molar refractivity (Wildman–Crippen MR) is 75.6 cm³/mol. The van der Waals surface area contributed by atoms with Crippen LogP contribution < -0.4 is 4.74 Å². The molecule has 4 nitrogen and oxygen atoms in total. The summed E-state index contributed by atoms with van der Waals surface area (Å²) in [6, 6.07) is 4.90. The molecule has 0 saturated carbocycles. The molecule has 0 bridgehead atoms. The van der Waals surface area contributed by atoms with Crippen LogP contribution in [0, 0.1) is 0 Å². The van der Waals surface area contributed by atoms with Gasteiger partial charge in [0.2, 0.25) is 0 Å². The van der Waals surface area contributed by atoms with Gasteiger partial charge in [-0.3, -0.25) is 4.79 Å². The first-order chi connectivity index (χ1) is 8.73. The van der Waals surface area contributed by atoms with Crippen molar-refractivity contribution in [2.75, 3.05) is 0 Å². The molecule has 1 aromatic rings. The first-order valence-corrected chi connectivity index (χ1v) is 6.96. The minimum Gasteiger partial charge on any atom is -0.456 e. The molecule has 1 aromatic carbocycles. The second-order valence-electron chi connectivity index (χ2n) is 5.05. The van der Waals surface area contributed by atoms with Crippen molar-refractivity contribution in [2.45, 2.75) is 38.6 Å². The van der Waals surface area contributed by atoms with E-state index in [-0.39, 0.29) is 0 Å². The van der Waals surface area contributed by atoms with Gasteiger partial charge in [0.1, 0.15) is 11.4 Å². The molecule has 0 unspecified atom stereocenters. The fraction of sp³-hybridized carbons (Fsp3) is 0.429. The Morgan fingerprint density at radius 1 is 1.26 bits per heavy atom. The van der Waals surface area contributed by atoms with Gasteiger partial charge >= 0.3 is 11.9 Å². The van der Waals surface area contributed by atoms with Gasteiger partial charge in [-0.15, -0.1) is 0 Å². The van der Waals surface area contributed by atoms with E-state index in [0.29, 0.717) is 16.6 Å². The van der Waals surface area contributed by atoms with E-state index in [4.69, 9.17) is 9.47 Å². The molecule has 1 rings (SSSR count).